The van der Waals surface area contributed by atoms with Gasteiger partial charge < -0.3 is 11.1 Å². The third-order valence-electron chi connectivity index (χ3n) is 2.63. The molecule has 0 aromatic heterocycles. The molecule has 0 aromatic rings. The Balaban J connectivity index is 1.96. The third-order valence-corrected chi connectivity index (χ3v) is 2.63. The van der Waals surface area contributed by atoms with Crippen molar-refractivity contribution in [1.82, 2.24) is 10.2 Å². The highest BCUT2D eigenvalue weighted by atomic mass is 16.2. The molecule has 2 amide bonds. The highest BCUT2D eigenvalue weighted by molar-refractivity contribution is 6.06. The minimum absolute atomic E-state index is 0.0352. The topological polar surface area (TPSA) is 75.4 Å². The lowest BCUT2D eigenvalue weighted by Crippen LogP contribution is -2.41. The van der Waals surface area contributed by atoms with Gasteiger partial charge in [-0.25, -0.2) is 0 Å². The molecule has 0 bridgehead atoms. The first-order valence-electron chi connectivity index (χ1n) is 5.03. The smallest absolute Gasteiger partial charge is 0.247 e. The van der Waals surface area contributed by atoms with Crippen LogP contribution in [0.25, 0.3) is 0 Å². The van der Waals surface area contributed by atoms with Gasteiger partial charge in [0.05, 0.1) is 12.5 Å². The summed E-state index contributed by atoms with van der Waals surface area (Å²) in [6.45, 7) is 1.07. The van der Waals surface area contributed by atoms with Crippen molar-refractivity contribution in [3.63, 3.8) is 0 Å². The number of carbonyl (C=O) groups is 2. The second kappa shape index (κ2) is 3.67. The fraction of sp³-hybridized carbons (Fsp3) is 0.778. The maximum atomic E-state index is 11.7. The zero-order chi connectivity index (χ0) is 10.1. The fourth-order valence-corrected chi connectivity index (χ4v) is 1.78. The molecular formula is C9H15N3O2. The van der Waals surface area contributed by atoms with Crippen LogP contribution in [0, 0.1) is 0 Å². The first-order valence-corrected chi connectivity index (χ1v) is 5.03. The van der Waals surface area contributed by atoms with Crippen LogP contribution in [0.5, 0.6) is 0 Å². The van der Waals surface area contributed by atoms with Gasteiger partial charge in [-0.15, -0.1) is 0 Å². The summed E-state index contributed by atoms with van der Waals surface area (Å²) >= 11 is 0. The fourth-order valence-electron chi connectivity index (χ4n) is 1.78. The van der Waals surface area contributed by atoms with E-state index in [2.05, 4.69) is 5.32 Å². The molecule has 2 aliphatic rings. The Labute approximate surface area is 82.6 Å². The Morgan fingerprint density at radius 3 is 2.71 bits per heavy atom. The SMILES string of the molecule is NCCNC1CC(=O)N(C2CC2)C1=O. The van der Waals surface area contributed by atoms with Gasteiger partial charge in [-0.05, 0) is 12.8 Å². The molecule has 1 aliphatic heterocycles. The van der Waals surface area contributed by atoms with Gasteiger partial charge in [-0.1, -0.05) is 0 Å². The Morgan fingerprint density at radius 2 is 2.14 bits per heavy atom. The summed E-state index contributed by atoms with van der Waals surface area (Å²) in [6.07, 6.45) is 2.25. The standard InChI is InChI=1S/C9H15N3O2/c10-3-4-11-7-5-8(13)12(9(7)14)6-1-2-6/h6-7,11H,1-5,10H2. The Morgan fingerprint density at radius 1 is 1.43 bits per heavy atom. The minimum Gasteiger partial charge on any atom is -0.329 e. The van der Waals surface area contributed by atoms with Gasteiger partial charge in [0.25, 0.3) is 0 Å². The van der Waals surface area contributed by atoms with Crippen LogP contribution < -0.4 is 11.1 Å². The number of nitrogens with two attached hydrogens (primary N) is 1. The van der Waals surface area contributed by atoms with Crippen LogP contribution in [0.3, 0.4) is 0 Å². The molecule has 1 saturated heterocycles. The van der Waals surface area contributed by atoms with Crippen molar-refractivity contribution in [2.45, 2.75) is 31.3 Å². The van der Waals surface area contributed by atoms with Crippen molar-refractivity contribution in [2.24, 2.45) is 5.73 Å². The number of rotatable bonds is 4. The van der Waals surface area contributed by atoms with Crippen molar-refractivity contribution in [3.8, 4) is 0 Å². The molecule has 0 radical (unpaired) electrons. The van der Waals surface area contributed by atoms with E-state index >= 15 is 0 Å². The number of carbonyl (C=O) groups excluding carboxylic acids is 2. The van der Waals surface area contributed by atoms with E-state index in [1.807, 2.05) is 0 Å². The number of hydrogen-bond acceptors (Lipinski definition) is 4. The third kappa shape index (κ3) is 1.65. The van der Waals surface area contributed by atoms with Crippen molar-refractivity contribution < 1.29 is 9.59 Å². The van der Waals surface area contributed by atoms with Crippen LogP contribution in [-0.2, 0) is 9.59 Å². The minimum atomic E-state index is -0.327. The van der Waals surface area contributed by atoms with Gasteiger partial charge in [0.2, 0.25) is 11.8 Å². The molecule has 14 heavy (non-hydrogen) atoms. The average Bonchev–Trinajstić information content (AvgIpc) is 2.92. The molecule has 5 nitrogen and oxygen atoms in total. The summed E-state index contributed by atoms with van der Waals surface area (Å²) in [7, 11) is 0. The molecule has 0 spiro atoms. The maximum Gasteiger partial charge on any atom is 0.247 e. The normalized spacial score (nSPS) is 27.5. The van der Waals surface area contributed by atoms with Crippen LogP contribution in [0.1, 0.15) is 19.3 Å². The molecule has 2 fully saturated rings. The first kappa shape index (κ1) is 9.61. The number of nitrogens with one attached hydrogen (secondary N) is 1. The van der Waals surface area contributed by atoms with Crippen LogP contribution in [0.4, 0.5) is 0 Å². The van der Waals surface area contributed by atoms with Crippen LogP contribution in [0.15, 0.2) is 0 Å². The zero-order valence-corrected chi connectivity index (χ0v) is 8.03. The molecule has 78 valence electrons. The first-order chi connectivity index (χ1) is 6.74. The summed E-state index contributed by atoms with van der Waals surface area (Å²) in [5.74, 6) is -0.0991. The zero-order valence-electron chi connectivity index (χ0n) is 8.03. The average molecular weight is 197 g/mol. The summed E-state index contributed by atoms with van der Waals surface area (Å²) in [5, 5.41) is 2.99. The lowest BCUT2D eigenvalue weighted by atomic mass is 10.2. The van der Waals surface area contributed by atoms with Gasteiger partial charge in [-0.3, -0.25) is 14.5 Å². The Kier molecular flexibility index (Phi) is 2.52. The van der Waals surface area contributed by atoms with Crippen LogP contribution >= 0.6 is 0 Å². The van der Waals surface area contributed by atoms with E-state index in [0.29, 0.717) is 19.5 Å². The molecule has 1 atom stereocenters. The molecule has 1 heterocycles. The van der Waals surface area contributed by atoms with E-state index in [1.54, 1.807) is 0 Å². The van der Waals surface area contributed by atoms with E-state index in [9.17, 15) is 9.59 Å². The highest BCUT2D eigenvalue weighted by Gasteiger charge is 2.45. The maximum absolute atomic E-state index is 11.7. The second-order valence-corrected chi connectivity index (χ2v) is 3.83. The van der Waals surface area contributed by atoms with Crippen LogP contribution in [-0.4, -0.2) is 41.9 Å². The van der Waals surface area contributed by atoms with Crippen molar-refractivity contribution >= 4 is 11.8 Å². The number of imide groups is 1. The van der Waals surface area contributed by atoms with Gasteiger partial charge in [0.1, 0.15) is 0 Å². The molecule has 3 N–H and O–H groups in total. The summed E-state index contributed by atoms with van der Waals surface area (Å²) in [5.41, 5.74) is 5.32. The quantitative estimate of drug-likeness (QED) is 0.556. The molecule has 5 heteroatoms. The largest absolute Gasteiger partial charge is 0.329 e. The lowest BCUT2D eigenvalue weighted by molar-refractivity contribution is -0.139. The predicted octanol–water partition coefficient (Wildman–Crippen LogP) is -1.18. The number of likely N-dealkylation sites (tertiary alicyclic amines) is 1. The molecule has 1 saturated carbocycles. The molecular weight excluding hydrogens is 182 g/mol. The van der Waals surface area contributed by atoms with E-state index in [-0.39, 0.29) is 23.9 Å². The van der Waals surface area contributed by atoms with Crippen LogP contribution in [0.2, 0.25) is 0 Å². The van der Waals surface area contributed by atoms with Crippen molar-refractivity contribution in [2.75, 3.05) is 13.1 Å². The van der Waals surface area contributed by atoms with E-state index < -0.39 is 0 Å². The molecule has 1 unspecified atom stereocenters. The van der Waals surface area contributed by atoms with E-state index in [4.69, 9.17) is 5.73 Å². The van der Waals surface area contributed by atoms with Crippen molar-refractivity contribution in [1.29, 1.82) is 0 Å². The van der Waals surface area contributed by atoms with Gasteiger partial charge >= 0.3 is 0 Å². The molecule has 1 aliphatic carbocycles. The number of nitrogens with zero attached hydrogens (tertiary/aromatic N) is 1. The summed E-state index contributed by atoms with van der Waals surface area (Å²) < 4.78 is 0. The van der Waals surface area contributed by atoms with Crippen molar-refractivity contribution in [3.05, 3.63) is 0 Å². The number of hydrogen-bond donors (Lipinski definition) is 2. The van der Waals surface area contributed by atoms with Gasteiger partial charge in [0, 0.05) is 19.1 Å². The Bertz CT molecular complexity index is 263. The summed E-state index contributed by atoms with van der Waals surface area (Å²) in [4.78, 5) is 24.6. The lowest BCUT2D eigenvalue weighted by Gasteiger charge is -2.13. The summed E-state index contributed by atoms with van der Waals surface area (Å²) in [6, 6.07) is -0.133. The predicted molar refractivity (Wildman–Crippen MR) is 50.3 cm³/mol. The highest BCUT2D eigenvalue weighted by Crippen LogP contribution is 2.31. The number of amides is 2. The second-order valence-electron chi connectivity index (χ2n) is 3.83. The monoisotopic (exact) mass is 197 g/mol. The molecule has 0 aromatic carbocycles. The van der Waals surface area contributed by atoms with E-state index in [0.717, 1.165) is 12.8 Å². The van der Waals surface area contributed by atoms with E-state index in [1.165, 1.54) is 4.90 Å². The van der Waals surface area contributed by atoms with Gasteiger partial charge in [-0.2, -0.15) is 0 Å². The Hall–Kier alpha value is -0.940. The molecule has 2 rings (SSSR count). The van der Waals surface area contributed by atoms with Gasteiger partial charge in [0.15, 0.2) is 0 Å².